The number of nitrogens with zero attached hydrogens (tertiary/aromatic N) is 3. The van der Waals surface area contributed by atoms with Crippen LogP contribution in [0.2, 0.25) is 0 Å². The zero-order chi connectivity index (χ0) is 20.2. The van der Waals surface area contributed by atoms with Crippen LogP contribution in [0.25, 0.3) is 27.5 Å². The molecule has 0 saturated carbocycles. The lowest BCUT2D eigenvalue weighted by Gasteiger charge is -2.40. The Morgan fingerprint density at radius 2 is 1.52 bits per heavy atom. The molecule has 1 aliphatic rings. The molecular formula is C26H27N3. The molecule has 3 aromatic carbocycles. The lowest BCUT2D eigenvalue weighted by atomic mass is 10.0. The minimum Gasteiger partial charge on any atom is -0.354 e. The molecule has 2 heterocycles. The quantitative estimate of drug-likeness (QED) is 0.404. The maximum absolute atomic E-state index is 2.44. The molecule has 0 radical (unpaired) electrons. The van der Waals surface area contributed by atoms with Crippen molar-refractivity contribution < 1.29 is 0 Å². The summed E-state index contributed by atoms with van der Waals surface area (Å²) in [6, 6.07) is 23.9. The summed E-state index contributed by atoms with van der Waals surface area (Å²) >= 11 is 0. The first-order chi connectivity index (χ1) is 14.0. The summed E-state index contributed by atoms with van der Waals surface area (Å²) in [5.74, 6) is 0. The van der Waals surface area contributed by atoms with Gasteiger partial charge in [0.1, 0.15) is 5.66 Å². The van der Waals surface area contributed by atoms with Crippen molar-refractivity contribution in [2.45, 2.75) is 33.4 Å². The molecule has 0 fully saturated rings. The van der Waals surface area contributed by atoms with E-state index in [1.807, 2.05) is 0 Å². The van der Waals surface area contributed by atoms with Gasteiger partial charge in [-0.1, -0.05) is 42.5 Å². The van der Waals surface area contributed by atoms with Crippen LogP contribution in [0, 0.1) is 6.92 Å². The molecule has 0 aliphatic carbocycles. The number of aryl methyl sites for hydroxylation is 1. The highest BCUT2D eigenvalue weighted by Gasteiger charge is 2.36. The molecule has 29 heavy (non-hydrogen) atoms. The number of hydrogen-bond donors (Lipinski definition) is 0. The topological polar surface area (TPSA) is 11.4 Å². The monoisotopic (exact) mass is 381 g/mol. The van der Waals surface area contributed by atoms with Crippen molar-refractivity contribution in [2.75, 3.05) is 11.4 Å². The summed E-state index contributed by atoms with van der Waals surface area (Å²) < 4.78 is 2.39. The Morgan fingerprint density at radius 3 is 2.24 bits per heavy atom. The molecule has 3 nitrogen and oxygen atoms in total. The lowest BCUT2D eigenvalue weighted by Crippen LogP contribution is -2.48. The van der Waals surface area contributed by atoms with Crippen LogP contribution in [0.15, 0.2) is 79.1 Å². The van der Waals surface area contributed by atoms with Gasteiger partial charge in [-0.2, -0.15) is 0 Å². The van der Waals surface area contributed by atoms with E-state index in [2.05, 4.69) is 121 Å². The summed E-state index contributed by atoms with van der Waals surface area (Å²) in [6.07, 6.45) is 4.45. The van der Waals surface area contributed by atoms with E-state index in [0.29, 0.717) is 0 Å². The molecule has 0 amide bonds. The van der Waals surface area contributed by atoms with Crippen molar-refractivity contribution in [3.8, 4) is 5.69 Å². The van der Waals surface area contributed by atoms with Crippen molar-refractivity contribution >= 4 is 27.5 Å². The third-order valence-electron chi connectivity index (χ3n) is 6.30. The highest BCUT2D eigenvalue weighted by atomic mass is 15.4. The van der Waals surface area contributed by atoms with E-state index in [9.17, 15) is 0 Å². The Kier molecular flexibility index (Phi) is 3.95. The molecule has 0 spiro atoms. The second-order valence-electron chi connectivity index (χ2n) is 8.26. The zero-order valence-electron chi connectivity index (χ0n) is 17.6. The second-order valence-corrected chi connectivity index (χ2v) is 8.26. The van der Waals surface area contributed by atoms with Gasteiger partial charge in [0.25, 0.3) is 0 Å². The average molecular weight is 382 g/mol. The molecule has 1 aromatic heterocycles. The smallest absolute Gasteiger partial charge is 0.111 e. The number of anilines is 1. The van der Waals surface area contributed by atoms with Gasteiger partial charge in [0, 0.05) is 35.4 Å². The predicted octanol–water partition coefficient (Wildman–Crippen LogP) is 6.44. The maximum Gasteiger partial charge on any atom is 0.111 e. The van der Waals surface area contributed by atoms with Crippen LogP contribution in [-0.4, -0.2) is 21.7 Å². The SMILES string of the molecule is CCN1C=CN(c2c(C)ccc3c2c2ccccc2n3-c2ccccc2)C1(C)C. The van der Waals surface area contributed by atoms with Gasteiger partial charge >= 0.3 is 0 Å². The van der Waals surface area contributed by atoms with Gasteiger partial charge in [0.05, 0.1) is 16.7 Å². The number of rotatable bonds is 3. The second kappa shape index (κ2) is 6.41. The van der Waals surface area contributed by atoms with Gasteiger partial charge in [-0.25, -0.2) is 0 Å². The van der Waals surface area contributed by atoms with Gasteiger partial charge in [-0.05, 0) is 57.5 Å². The van der Waals surface area contributed by atoms with E-state index in [-0.39, 0.29) is 5.66 Å². The summed E-state index contributed by atoms with van der Waals surface area (Å²) in [5, 5.41) is 2.62. The van der Waals surface area contributed by atoms with E-state index < -0.39 is 0 Å². The third kappa shape index (κ3) is 2.50. The molecule has 146 valence electrons. The highest BCUT2D eigenvalue weighted by Crippen LogP contribution is 2.43. The van der Waals surface area contributed by atoms with Crippen molar-refractivity contribution in [1.82, 2.24) is 9.47 Å². The summed E-state index contributed by atoms with van der Waals surface area (Å²) in [4.78, 5) is 4.83. The minimum atomic E-state index is -0.107. The van der Waals surface area contributed by atoms with Crippen LogP contribution < -0.4 is 4.90 Å². The molecule has 0 N–H and O–H groups in total. The van der Waals surface area contributed by atoms with Crippen molar-refractivity contribution in [3.63, 3.8) is 0 Å². The zero-order valence-corrected chi connectivity index (χ0v) is 17.6. The normalized spacial score (nSPS) is 15.7. The van der Waals surface area contributed by atoms with Gasteiger partial charge in [0.15, 0.2) is 0 Å². The number of aromatic nitrogens is 1. The van der Waals surface area contributed by atoms with E-state index in [1.54, 1.807) is 0 Å². The number of hydrogen-bond acceptors (Lipinski definition) is 2. The first-order valence-electron chi connectivity index (χ1n) is 10.4. The Balaban J connectivity index is 1.88. The number of para-hydroxylation sites is 2. The minimum absolute atomic E-state index is 0.107. The first kappa shape index (κ1) is 17.9. The molecule has 0 atom stereocenters. The van der Waals surface area contributed by atoms with E-state index in [4.69, 9.17) is 0 Å². The van der Waals surface area contributed by atoms with Crippen LogP contribution in [0.4, 0.5) is 5.69 Å². The average Bonchev–Trinajstić information content (AvgIpc) is 3.22. The fourth-order valence-electron chi connectivity index (χ4n) is 4.80. The Morgan fingerprint density at radius 1 is 0.793 bits per heavy atom. The number of fused-ring (bicyclic) bond motifs is 3. The van der Waals surface area contributed by atoms with Gasteiger partial charge in [0.2, 0.25) is 0 Å². The Labute approximate surface area is 172 Å². The molecule has 0 unspecified atom stereocenters. The summed E-state index contributed by atoms with van der Waals surface area (Å²) in [5.41, 5.74) is 6.17. The maximum atomic E-state index is 2.44. The molecule has 5 rings (SSSR count). The fourth-order valence-corrected chi connectivity index (χ4v) is 4.80. The Hall–Kier alpha value is -3.20. The van der Waals surface area contributed by atoms with Crippen LogP contribution in [-0.2, 0) is 0 Å². The molecule has 0 bridgehead atoms. The largest absolute Gasteiger partial charge is 0.354 e. The number of benzene rings is 3. The lowest BCUT2D eigenvalue weighted by molar-refractivity contribution is 0.220. The third-order valence-corrected chi connectivity index (χ3v) is 6.30. The standard InChI is InChI=1S/C26H27N3/c1-5-27-17-18-28(26(27,3)4)25-19(2)15-16-23-24(25)21-13-9-10-14-22(21)29(23)20-11-7-6-8-12-20/h6-18H,5H2,1-4H3. The highest BCUT2D eigenvalue weighted by molar-refractivity contribution is 6.16. The van der Waals surface area contributed by atoms with Crippen LogP contribution in [0.5, 0.6) is 0 Å². The van der Waals surface area contributed by atoms with Crippen LogP contribution in [0.1, 0.15) is 26.3 Å². The molecule has 1 aliphatic heterocycles. The Bertz CT molecular complexity index is 1230. The van der Waals surface area contributed by atoms with Crippen molar-refractivity contribution in [2.24, 2.45) is 0 Å². The van der Waals surface area contributed by atoms with Crippen LogP contribution in [0.3, 0.4) is 0 Å². The van der Waals surface area contributed by atoms with Gasteiger partial charge < -0.3 is 14.4 Å². The molecule has 3 heteroatoms. The molecule has 0 saturated heterocycles. The fraction of sp³-hybridized carbons (Fsp3) is 0.231. The molecular weight excluding hydrogens is 354 g/mol. The predicted molar refractivity (Wildman–Crippen MR) is 124 cm³/mol. The van der Waals surface area contributed by atoms with E-state index in [0.717, 1.165) is 6.54 Å². The van der Waals surface area contributed by atoms with Crippen molar-refractivity contribution in [1.29, 1.82) is 0 Å². The van der Waals surface area contributed by atoms with Crippen LogP contribution >= 0.6 is 0 Å². The molecule has 4 aromatic rings. The first-order valence-corrected chi connectivity index (χ1v) is 10.4. The van der Waals surface area contributed by atoms with Crippen molar-refractivity contribution in [3.05, 3.63) is 84.7 Å². The van der Waals surface area contributed by atoms with Gasteiger partial charge in [-0.15, -0.1) is 0 Å². The van der Waals surface area contributed by atoms with E-state index in [1.165, 1.54) is 38.7 Å². The summed E-state index contributed by atoms with van der Waals surface area (Å²) in [6.45, 7) is 10.0. The van der Waals surface area contributed by atoms with E-state index >= 15 is 0 Å². The summed E-state index contributed by atoms with van der Waals surface area (Å²) in [7, 11) is 0. The van der Waals surface area contributed by atoms with Gasteiger partial charge in [-0.3, -0.25) is 0 Å².